The summed E-state index contributed by atoms with van der Waals surface area (Å²) < 4.78 is 10.1. The van der Waals surface area contributed by atoms with Gasteiger partial charge >= 0.3 is 5.97 Å². The van der Waals surface area contributed by atoms with E-state index in [1.165, 1.54) is 7.11 Å². The van der Waals surface area contributed by atoms with Gasteiger partial charge in [-0.1, -0.05) is 6.07 Å². The van der Waals surface area contributed by atoms with Crippen LogP contribution < -0.4 is 10.2 Å². The Morgan fingerprint density at radius 3 is 2.71 bits per heavy atom. The molecule has 0 saturated carbocycles. The molecule has 0 amide bonds. The molecule has 1 heterocycles. The largest absolute Gasteiger partial charge is 0.463 e. The number of hydrogen-bond acceptors (Lipinski definition) is 5. The van der Waals surface area contributed by atoms with Gasteiger partial charge in [0.15, 0.2) is 0 Å². The highest BCUT2D eigenvalue weighted by atomic mass is 16.5. The number of esters is 1. The van der Waals surface area contributed by atoms with Crippen LogP contribution in [0, 0.1) is 0 Å². The third-order valence-corrected chi connectivity index (χ3v) is 3.19. The molecule has 0 radical (unpaired) electrons. The Balaban J connectivity index is 2.10. The van der Waals surface area contributed by atoms with E-state index < -0.39 is 5.97 Å². The molecular weight excluding hydrogens is 268 g/mol. The van der Waals surface area contributed by atoms with Crippen LogP contribution in [0.3, 0.4) is 0 Å². The van der Waals surface area contributed by atoms with Crippen LogP contribution in [0.4, 0.5) is 11.4 Å². The molecule has 0 saturated heterocycles. The fraction of sp³-hybridized carbons (Fsp3) is 0.312. The summed E-state index contributed by atoms with van der Waals surface area (Å²) in [5.41, 5.74) is 2.10. The Hall–Kier alpha value is -2.43. The van der Waals surface area contributed by atoms with Crippen molar-refractivity contribution in [2.45, 2.75) is 13.0 Å². The minimum absolute atomic E-state index is 0.0548. The standard InChI is InChI=1S/C16H20N2O3/c1-11(14-8-9-15(21-14)16(19)20-4)17-12-6-5-7-13(10-12)18(2)3/h5-11,17H,1-4H3. The summed E-state index contributed by atoms with van der Waals surface area (Å²) in [7, 11) is 5.33. The average Bonchev–Trinajstić information content (AvgIpc) is 2.96. The van der Waals surface area contributed by atoms with Crippen molar-refractivity contribution < 1.29 is 13.9 Å². The number of nitrogens with one attached hydrogen (secondary N) is 1. The van der Waals surface area contributed by atoms with Crippen molar-refractivity contribution in [2.75, 3.05) is 31.4 Å². The van der Waals surface area contributed by atoms with E-state index >= 15 is 0 Å². The number of benzene rings is 1. The predicted molar refractivity (Wildman–Crippen MR) is 82.9 cm³/mol. The fourth-order valence-corrected chi connectivity index (χ4v) is 1.99. The normalized spacial score (nSPS) is 11.8. The lowest BCUT2D eigenvalue weighted by molar-refractivity contribution is 0.0562. The second-order valence-electron chi connectivity index (χ2n) is 5.00. The van der Waals surface area contributed by atoms with Crippen LogP contribution in [0.1, 0.15) is 29.3 Å². The molecule has 5 nitrogen and oxygen atoms in total. The first-order valence-corrected chi connectivity index (χ1v) is 6.73. The van der Waals surface area contributed by atoms with Crippen molar-refractivity contribution in [3.63, 3.8) is 0 Å². The van der Waals surface area contributed by atoms with Crippen molar-refractivity contribution >= 4 is 17.3 Å². The van der Waals surface area contributed by atoms with Gasteiger partial charge in [-0.3, -0.25) is 0 Å². The third-order valence-electron chi connectivity index (χ3n) is 3.19. The van der Waals surface area contributed by atoms with Crippen molar-refractivity contribution in [1.29, 1.82) is 0 Å². The average molecular weight is 288 g/mol. The number of anilines is 2. The molecule has 0 fully saturated rings. The zero-order valence-electron chi connectivity index (χ0n) is 12.7. The molecule has 1 aromatic heterocycles. The molecule has 0 spiro atoms. The van der Waals surface area contributed by atoms with Crippen LogP contribution in [0.25, 0.3) is 0 Å². The smallest absolute Gasteiger partial charge is 0.373 e. The minimum atomic E-state index is -0.469. The maximum absolute atomic E-state index is 11.4. The number of furan rings is 1. The molecule has 2 rings (SSSR count). The highest BCUT2D eigenvalue weighted by molar-refractivity contribution is 5.86. The van der Waals surface area contributed by atoms with Gasteiger partial charge in [0.25, 0.3) is 0 Å². The Labute approximate surface area is 124 Å². The van der Waals surface area contributed by atoms with E-state index in [-0.39, 0.29) is 11.8 Å². The van der Waals surface area contributed by atoms with Crippen molar-refractivity contribution in [3.8, 4) is 0 Å². The van der Waals surface area contributed by atoms with E-state index in [1.807, 2.05) is 44.1 Å². The number of carbonyl (C=O) groups excluding carboxylic acids is 1. The van der Waals surface area contributed by atoms with Gasteiger partial charge in [-0.25, -0.2) is 4.79 Å². The molecule has 1 N–H and O–H groups in total. The molecule has 1 atom stereocenters. The van der Waals surface area contributed by atoms with E-state index in [9.17, 15) is 4.79 Å². The Morgan fingerprint density at radius 2 is 2.05 bits per heavy atom. The van der Waals surface area contributed by atoms with Gasteiger partial charge in [0.05, 0.1) is 13.2 Å². The molecule has 0 aliphatic carbocycles. The highest BCUT2D eigenvalue weighted by Crippen LogP contribution is 2.24. The molecule has 21 heavy (non-hydrogen) atoms. The fourth-order valence-electron chi connectivity index (χ4n) is 1.99. The molecule has 0 aliphatic rings. The van der Waals surface area contributed by atoms with E-state index in [1.54, 1.807) is 12.1 Å². The minimum Gasteiger partial charge on any atom is -0.463 e. The Morgan fingerprint density at radius 1 is 1.29 bits per heavy atom. The third kappa shape index (κ3) is 3.56. The molecule has 1 unspecified atom stereocenters. The monoisotopic (exact) mass is 288 g/mol. The van der Waals surface area contributed by atoms with Gasteiger partial charge < -0.3 is 19.4 Å². The molecule has 2 aromatic rings. The van der Waals surface area contributed by atoms with Gasteiger partial charge in [0.1, 0.15) is 5.76 Å². The summed E-state index contributed by atoms with van der Waals surface area (Å²) in [6.07, 6.45) is 0. The van der Waals surface area contributed by atoms with Crippen molar-refractivity contribution in [1.82, 2.24) is 0 Å². The first kappa shape index (κ1) is 15.0. The first-order valence-electron chi connectivity index (χ1n) is 6.73. The van der Waals surface area contributed by atoms with E-state index in [0.717, 1.165) is 11.4 Å². The van der Waals surface area contributed by atoms with Crippen LogP contribution in [-0.4, -0.2) is 27.2 Å². The number of carbonyl (C=O) groups is 1. The SMILES string of the molecule is COC(=O)c1ccc(C(C)Nc2cccc(N(C)C)c2)o1. The summed E-state index contributed by atoms with van der Waals surface area (Å²) >= 11 is 0. The van der Waals surface area contributed by atoms with Crippen LogP contribution >= 0.6 is 0 Å². The molecule has 112 valence electrons. The molecular formula is C16H20N2O3. The zero-order valence-corrected chi connectivity index (χ0v) is 12.7. The van der Waals surface area contributed by atoms with Gasteiger partial charge in [-0.15, -0.1) is 0 Å². The topological polar surface area (TPSA) is 54.7 Å². The van der Waals surface area contributed by atoms with Gasteiger partial charge in [0, 0.05) is 25.5 Å². The molecule has 0 bridgehead atoms. The summed E-state index contributed by atoms with van der Waals surface area (Å²) in [6.45, 7) is 1.97. The lowest BCUT2D eigenvalue weighted by Gasteiger charge is -2.17. The van der Waals surface area contributed by atoms with Crippen LogP contribution in [0.2, 0.25) is 0 Å². The molecule has 0 aliphatic heterocycles. The van der Waals surface area contributed by atoms with Gasteiger partial charge in [-0.2, -0.15) is 0 Å². The van der Waals surface area contributed by atoms with Crippen LogP contribution in [0.5, 0.6) is 0 Å². The Kier molecular flexibility index (Phi) is 4.52. The Bertz CT molecular complexity index is 619. The maximum atomic E-state index is 11.4. The summed E-state index contributed by atoms with van der Waals surface area (Å²) in [4.78, 5) is 13.4. The number of hydrogen-bond donors (Lipinski definition) is 1. The maximum Gasteiger partial charge on any atom is 0.373 e. The number of ether oxygens (including phenoxy) is 1. The van der Waals surface area contributed by atoms with E-state index in [0.29, 0.717) is 5.76 Å². The summed E-state index contributed by atoms with van der Waals surface area (Å²) in [5, 5.41) is 3.35. The lowest BCUT2D eigenvalue weighted by atomic mass is 10.2. The summed E-state index contributed by atoms with van der Waals surface area (Å²) in [5.74, 6) is 0.428. The molecule has 1 aromatic carbocycles. The zero-order chi connectivity index (χ0) is 15.4. The van der Waals surface area contributed by atoms with Gasteiger partial charge in [0.2, 0.25) is 5.76 Å². The lowest BCUT2D eigenvalue weighted by Crippen LogP contribution is -2.10. The van der Waals surface area contributed by atoms with Gasteiger partial charge in [-0.05, 0) is 37.3 Å². The van der Waals surface area contributed by atoms with E-state index in [4.69, 9.17) is 4.42 Å². The van der Waals surface area contributed by atoms with E-state index in [2.05, 4.69) is 16.1 Å². The van der Waals surface area contributed by atoms with Crippen LogP contribution in [0.15, 0.2) is 40.8 Å². The molecule has 5 heteroatoms. The second kappa shape index (κ2) is 6.35. The van der Waals surface area contributed by atoms with Crippen molar-refractivity contribution in [2.24, 2.45) is 0 Å². The summed E-state index contributed by atoms with van der Waals surface area (Å²) in [6, 6.07) is 11.4. The number of rotatable bonds is 5. The predicted octanol–water partition coefficient (Wildman–Crippen LogP) is 3.31. The number of methoxy groups -OCH3 is 1. The quantitative estimate of drug-likeness (QED) is 0.855. The van der Waals surface area contributed by atoms with Crippen molar-refractivity contribution in [3.05, 3.63) is 47.9 Å². The van der Waals surface area contributed by atoms with Crippen LogP contribution in [-0.2, 0) is 4.74 Å². The number of nitrogens with zero attached hydrogens (tertiary/aromatic N) is 1. The first-order chi connectivity index (χ1) is 10.0. The highest BCUT2D eigenvalue weighted by Gasteiger charge is 2.15. The second-order valence-corrected chi connectivity index (χ2v) is 5.00.